The maximum Gasteiger partial charge on any atom is 0.136 e. The summed E-state index contributed by atoms with van der Waals surface area (Å²) in [6.45, 7) is 3.53. The molecule has 1 aromatic rings. The summed E-state index contributed by atoms with van der Waals surface area (Å²) in [5.41, 5.74) is 7.48. The quantitative estimate of drug-likeness (QED) is 0.603. The fourth-order valence-electron chi connectivity index (χ4n) is 1.92. The van der Waals surface area contributed by atoms with Crippen LogP contribution < -0.4 is 10.6 Å². The van der Waals surface area contributed by atoms with E-state index in [9.17, 15) is 0 Å². The summed E-state index contributed by atoms with van der Waals surface area (Å²) >= 11 is 5.08. The number of ether oxygens (including phenoxy) is 1. The lowest BCUT2D eigenvalue weighted by molar-refractivity contribution is 0.196. The first-order valence-corrected chi connectivity index (χ1v) is 5.93. The number of thiocarbonyl (C=S) groups is 1. The number of nitrogens with two attached hydrogens (primary N) is 1. The van der Waals surface area contributed by atoms with Crippen molar-refractivity contribution >= 4 is 23.0 Å². The van der Waals surface area contributed by atoms with E-state index >= 15 is 0 Å². The number of nitrogens with zero attached hydrogens (tertiary/aromatic N) is 3. The molecular weight excluding hydrogens is 236 g/mol. The van der Waals surface area contributed by atoms with E-state index in [2.05, 4.69) is 10.00 Å². The second-order valence-electron chi connectivity index (χ2n) is 4.04. The average molecular weight is 256 g/mol. The van der Waals surface area contributed by atoms with Crippen LogP contribution in [-0.4, -0.2) is 42.1 Å². The number of hydrogen-bond acceptors (Lipinski definition) is 4. The SMILES string of the molecule is COCCCN(C)c1c(C(N)=S)c(C)nn1C. The molecule has 2 N–H and O–H groups in total. The number of aryl methyl sites for hydroxylation is 2. The van der Waals surface area contributed by atoms with Gasteiger partial charge in [-0.15, -0.1) is 0 Å². The topological polar surface area (TPSA) is 56.3 Å². The molecule has 17 heavy (non-hydrogen) atoms. The van der Waals surface area contributed by atoms with Crippen LogP contribution in [0.15, 0.2) is 0 Å². The van der Waals surface area contributed by atoms with Gasteiger partial charge in [0.15, 0.2) is 0 Å². The zero-order chi connectivity index (χ0) is 13.0. The third-order valence-corrected chi connectivity index (χ3v) is 2.85. The highest BCUT2D eigenvalue weighted by Crippen LogP contribution is 2.22. The molecule has 0 spiro atoms. The predicted molar refractivity (Wildman–Crippen MR) is 73.6 cm³/mol. The Morgan fingerprint density at radius 1 is 1.59 bits per heavy atom. The number of aromatic nitrogens is 2. The van der Waals surface area contributed by atoms with Gasteiger partial charge in [-0.05, 0) is 13.3 Å². The standard InChI is InChI=1S/C11H20N4OS/c1-8-9(10(12)17)11(15(3)13-8)14(2)6-5-7-16-4/h5-7H2,1-4H3,(H2,12,17). The van der Waals surface area contributed by atoms with E-state index in [1.165, 1.54) is 0 Å². The molecule has 5 nitrogen and oxygen atoms in total. The molecule has 1 rings (SSSR count). The first kappa shape index (κ1) is 13.9. The Morgan fingerprint density at radius 3 is 2.76 bits per heavy atom. The van der Waals surface area contributed by atoms with Gasteiger partial charge in [-0.25, -0.2) is 0 Å². The first-order chi connectivity index (χ1) is 7.99. The van der Waals surface area contributed by atoms with Gasteiger partial charge in [-0.3, -0.25) is 4.68 Å². The highest BCUT2D eigenvalue weighted by molar-refractivity contribution is 7.80. The molecule has 0 aliphatic rings. The lowest BCUT2D eigenvalue weighted by Crippen LogP contribution is -2.25. The molecule has 0 aliphatic heterocycles. The molecule has 0 amide bonds. The van der Waals surface area contributed by atoms with Gasteiger partial charge in [0.2, 0.25) is 0 Å². The highest BCUT2D eigenvalue weighted by Gasteiger charge is 2.18. The molecule has 0 fully saturated rings. The van der Waals surface area contributed by atoms with Crippen molar-refractivity contribution in [2.45, 2.75) is 13.3 Å². The Labute approximate surface area is 108 Å². The van der Waals surface area contributed by atoms with Crippen LogP contribution in [0.2, 0.25) is 0 Å². The van der Waals surface area contributed by atoms with Crippen molar-refractivity contribution in [1.29, 1.82) is 0 Å². The molecule has 0 aliphatic carbocycles. The van der Waals surface area contributed by atoms with Gasteiger partial charge < -0.3 is 15.4 Å². The minimum Gasteiger partial charge on any atom is -0.389 e. The Kier molecular flexibility index (Phi) is 4.89. The van der Waals surface area contributed by atoms with Gasteiger partial charge >= 0.3 is 0 Å². The molecule has 0 saturated carbocycles. The van der Waals surface area contributed by atoms with Crippen molar-refractivity contribution in [3.63, 3.8) is 0 Å². The van der Waals surface area contributed by atoms with E-state index < -0.39 is 0 Å². The van der Waals surface area contributed by atoms with Crippen LogP contribution in [0.3, 0.4) is 0 Å². The summed E-state index contributed by atoms with van der Waals surface area (Å²) in [4.78, 5) is 2.50. The van der Waals surface area contributed by atoms with E-state index in [0.29, 0.717) is 4.99 Å². The Morgan fingerprint density at radius 2 is 2.24 bits per heavy atom. The lowest BCUT2D eigenvalue weighted by atomic mass is 10.2. The Balaban J connectivity index is 2.92. The molecule has 0 saturated heterocycles. The molecule has 0 unspecified atom stereocenters. The van der Waals surface area contributed by atoms with Crippen LogP contribution in [0.25, 0.3) is 0 Å². The van der Waals surface area contributed by atoms with Gasteiger partial charge in [0.05, 0.1) is 11.3 Å². The molecular formula is C11H20N4OS. The highest BCUT2D eigenvalue weighted by atomic mass is 32.1. The van der Waals surface area contributed by atoms with Crippen LogP contribution in [0.1, 0.15) is 17.7 Å². The Bertz CT molecular complexity index is 402. The summed E-state index contributed by atoms with van der Waals surface area (Å²) in [5, 5.41) is 4.36. The molecule has 6 heteroatoms. The van der Waals surface area contributed by atoms with E-state index in [1.54, 1.807) is 7.11 Å². The van der Waals surface area contributed by atoms with E-state index in [0.717, 1.165) is 36.6 Å². The fraction of sp³-hybridized carbons (Fsp3) is 0.636. The van der Waals surface area contributed by atoms with Gasteiger partial charge in [0.1, 0.15) is 10.8 Å². The maximum absolute atomic E-state index is 5.75. The second kappa shape index (κ2) is 5.97. The molecule has 1 heterocycles. The molecule has 96 valence electrons. The monoisotopic (exact) mass is 256 g/mol. The number of hydrogen-bond donors (Lipinski definition) is 1. The van der Waals surface area contributed by atoms with E-state index in [1.807, 2.05) is 25.7 Å². The van der Waals surface area contributed by atoms with Gasteiger partial charge in [0.25, 0.3) is 0 Å². The smallest absolute Gasteiger partial charge is 0.136 e. The molecule has 0 bridgehead atoms. The third kappa shape index (κ3) is 3.17. The zero-order valence-electron chi connectivity index (χ0n) is 10.9. The molecule has 1 aromatic heterocycles. The van der Waals surface area contributed by atoms with Crippen LogP contribution >= 0.6 is 12.2 Å². The third-order valence-electron chi connectivity index (χ3n) is 2.64. The summed E-state index contributed by atoms with van der Waals surface area (Å²) in [6, 6.07) is 0. The van der Waals surface area contributed by atoms with Crippen LogP contribution in [0.4, 0.5) is 5.82 Å². The van der Waals surface area contributed by atoms with Crippen LogP contribution in [-0.2, 0) is 11.8 Å². The Hall–Kier alpha value is -1.14. The molecule has 0 radical (unpaired) electrons. The lowest BCUT2D eigenvalue weighted by Gasteiger charge is -2.20. The summed E-state index contributed by atoms with van der Waals surface area (Å²) in [7, 11) is 5.61. The zero-order valence-corrected chi connectivity index (χ0v) is 11.7. The first-order valence-electron chi connectivity index (χ1n) is 5.52. The van der Waals surface area contributed by atoms with Crippen molar-refractivity contribution in [2.75, 3.05) is 32.2 Å². The van der Waals surface area contributed by atoms with Crippen LogP contribution in [0, 0.1) is 6.92 Å². The molecule has 0 aromatic carbocycles. The van der Waals surface area contributed by atoms with Gasteiger partial charge in [0, 0.05) is 34.4 Å². The number of rotatable bonds is 6. The van der Waals surface area contributed by atoms with E-state index in [4.69, 9.17) is 22.7 Å². The second-order valence-corrected chi connectivity index (χ2v) is 4.48. The molecule has 0 atom stereocenters. The van der Waals surface area contributed by atoms with Crippen molar-refractivity contribution < 1.29 is 4.74 Å². The summed E-state index contributed by atoms with van der Waals surface area (Å²) < 4.78 is 6.86. The van der Waals surface area contributed by atoms with Gasteiger partial charge in [-0.1, -0.05) is 12.2 Å². The largest absolute Gasteiger partial charge is 0.389 e. The minimum atomic E-state index is 0.393. The van der Waals surface area contributed by atoms with Crippen molar-refractivity contribution in [3.8, 4) is 0 Å². The van der Waals surface area contributed by atoms with Gasteiger partial charge in [-0.2, -0.15) is 5.10 Å². The summed E-state index contributed by atoms with van der Waals surface area (Å²) in [6.07, 6.45) is 0.952. The van der Waals surface area contributed by atoms with Crippen molar-refractivity contribution in [2.24, 2.45) is 12.8 Å². The predicted octanol–water partition coefficient (Wildman–Crippen LogP) is 0.835. The summed E-state index contributed by atoms with van der Waals surface area (Å²) in [5.74, 6) is 0.964. The normalized spacial score (nSPS) is 10.6. The minimum absolute atomic E-state index is 0.393. The maximum atomic E-state index is 5.75. The fourth-order valence-corrected chi connectivity index (χ4v) is 2.16. The average Bonchev–Trinajstić information content (AvgIpc) is 2.53. The number of methoxy groups -OCH3 is 1. The number of anilines is 1. The van der Waals surface area contributed by atoms with Crippen molar-refractivity contribution in [1.82, 2.24) is 9.78 Å². The van der Waals surface area contributed by atoms with Crippen LogP contribution in [0.5, 0.6) is 0 Å². The van der Waals surface area contributed by atoms with E-state index in [-0.39, 0.29) is 0 Å². The van der Waals surface area contributed by atoms with Crippen molar-refractivity contribution in [3.05, 3.63) is 11.3 Å².